The van der Waals surface area contributed by atoms with Gasteiger partial charge in [0.1, 0.15) is 5.82 Å². The number of nitrogens with two attached hydrogens (primary N) is 1. The van der Waals surface area contributed by atoms with Crippen molar-refractivity contribution in [1.82, 2.24) is 15.2 Å². The number of rotatable bonds is 9. The Morgan fingerprint density at radius 3 is 2.43 bits per heavy atom. The summed E-state index contributed by atoms with van der Waals surface area (Å²) in [6.07, 6.45) is 3.77. The molecule has 1 heterocycles. The normalized spacial score (nSPS) is 15.9. The lowest BCUT2D eigenvalue weighted by Crippen LogP contribution is -2.60. The predicted octanol–water partition coefficient (Wildman–Crippen LogP) is 2.69. The molecule has 0 aliphatic rings. The minimum absolute atomic E-state index is 0.113. The standard InChI is InChI=1S/C17H32N4/c1-6-17(5,21(8-3)9-4)15(19-7-2)13-14-11-10-12-20-16(14)18/h10-12,15,19H,6-9,13H2,1-5H3,(H2,18,20). The number of anilines is 1. The summed E-state index contributed by atoms with van der Waals surface area (Å²) in [5.74, 6) is 0.651. The van der Waals surface area contributed by atoms with Crippen LogP contribution in [-0.2, 0) is 6.42 Å². The van der Waals surface area contributed by atoms with Crippen LogP contribution in [0.1, 0.15) is 46.6 Å². The smallest absolute Gasteiger partial charge is 0.126 e. The fourth-order valence-corrected chi connectivity index (χ4v) is 3.24. The lowest BCUT2D eigenvalue weighted by Gasteiger charge is -2.46. The third-order valence-electron chi connectivity index (χ3n) is 4.75. The fourth-order valence-electron chi connectivity index (χ4n) is 3.24. The number of nitrogens with one attached hydrogen (secondary N) is 1. The first-order valence-corrected chi connectivity index (χ1v) is 8.21. The van der Waals surface area contributed by atoms with Crippen molar-refractivity contribution in [2.45, 2.75) is 59.0 Å². The van der Waals surface area contributed by atoms with E-state index >= 15 is 0 Å². The summed E-state index contributed by atoms with van der Waals surface area (Å²) in [6.45, 7) is 14.4. The van der Waals surface area contributed by atoms with Crippen molar-refractivity contribution in [2.75, 3.05) is 25.4 Å². The van der Waals surface area contributed by atoms with Gasteiger partial charge < -0.3 is 11.1 Å². The highest BCUT2D eigenvalue weighted by molar-refractivity contribution is 5.39. The Morgan fingerprint density at radius 2 is 1.95 bits per heavy atom. The van der Waals surface area contributed by atoms with Gasteiger partial charge in [0.05, 0.1) is 0 Å². The largest absolute Gasteiger partial charge is 0.383 e. The fraction of sp³-hybridized carbons (Fsp3) is 0.706. The molecule has 4 nitrogen and oxygen atoms in total. The Morgan fingerprint density at radius 1 is 1.29 bits per heavy atom. The maximum absolute atomic E-state index is 6.04. The molecule has 0 aromatic carbocycles. The maximum Gasteiger partial charge on any atom is 0.126 e. The van der Waals surface area contributed by atoms with Crippen LogP contribution in [0.25, 0.3) is 0 Å². The highest BCUT2D eigenvalue weighted by atomic mass is 15.2. The topological polar surface area (TPSA) is 54.2 Å². The molecule has 0 fully saturated rings. The molecule has 0 aliphatic carbocycles. The van der Waals surface area contributed by atoms with Crippen LogP contribution in [0.4, 0.5) is 5.82 Å². The first kappa shape index (κ1) is 17.9. The van der Waals surface area contributed by atoms with Gasteiger partial charge in [0, 0.05) is 17.8 Å². The number of nitrogens with zero attached hydrogens (tertiary/aromatic N) is 2. The van der Waals surface area contributed by atoms with Gasteiger partial charge in [0.25, 0.3) is 0 Å². The molecule has 2 atom stereocenters. The number of nitrogen functional groups attached to an aromatic ring is 1. The van der Waals surface area contributed by atoms with E-state index in [2.05, 4.69) is 55.9 Å². The molecule has 0 spiro atoms. The highest BCUT2D eigenvalue weighted by Gasteiger charge is 2.36. The average molecular weight is 292 g/mol. The summed E-state index contributed by atoms with van der Waals surface area (Å²) in [4.78, 5) is 6.77. The van der Waals surface area contributed by atoms with Gasteiger partial charge >= 0.3 is 0 Å². The second kappa shape index (κ2) is 8.35. The number of aromatic nitrogens is 1. The molecule has 0 radical (unpaired) electrons. The zero-order valence-electron chi connectivity index (χ0n) is 14.3. The molecule has 120 valence electrons. The minimum Gasteiger partial charge on any atom is -0.383 e. The van der Waals surface area contributed by atoms with Crippen LogP contribution >= 0.6 is 0 Å². The Hall–Kier alpha value is -1.13. The minimum atomic E-state index is 0.113. The molecule has 2 unspecified atom stereocenters. The predicted molar refractivity (Wildman–Crippen MR) is 91.4 cm³/mol. The van der Waals surface area contributed by atoms with Gasteiger partial charge in [-0.15, -0.1) is 0 Å². The van der Waals surface area contributed by atoms with E-state index in [0.29, 0.717) is 11.9 Å². The van der Waals surface area contributed by atoms with Crippen molar-refractivity contribution in [3.8, 4) is 0 Å². The second-order valence-corrected chi connectivity index (χ2v) is 5.75. The van der Waals surface area contributed by atoms with Crippen LogP contribution < -0.4 is 11.1 Å². The molecule has 4 heteroatoms. The van der Waals surface area contributed by atoms with Crippen molar-refractivity contribution < 1.29 is 0 Å². The van der Waals surface area contributed by atoms with Gasteiger partial charge in [0.2, 0.25) is 0 Å². The molecule has 0 saturated heterocycles. The SMILES string of the molecule is CCNC(Cc1cccnc1N)C(C)(CC)N(CC)CC. The number of likely N-dealkylation sites (N-methyl/N-ethyl adjacent to an activating group) is 2. The van der Waals surface area contributed by atoms with Crippen LogP contribution in [0.15, 0.2) is 18.3 Å². The third-order valence-corrected chi connectivity index (χ3v) is 4.75. The summed E-state index contributed by atoms with van der Waals surface area (Å²) < 4.78 is 0. The molecule has 1 rings (SSSR count). The summed E-state index contributed by atoms with van der Waals surface area (Å²) in [6, 6.07) is 4.42. The molecule has 1 aromatic heterocycles. The van der Waals surface area contributed by atoms with Gasteiger partial charge in [-0.25, -0.2) is 4.98 Å². The quantitative estimate of drug-likeness (QED) is 0.735. The van der Waals surface area contributed by atoms with E-state index in [0.717, 1.165) is 38.0 Å². The van der Waals surface area contributed by atoms with Crippen molar-refractivity contribution in [2.24, 2.45) is 0 Å². The lowest BCUT2D eigenvalue weighted by atomic mass is 9.83. The molecule has 0 saturated carbocycles. The van der Waals surface area contributed by atoms with E-state index in [1.165, 1.54) is 0 Å². The number of hydrogen-bond donors (Lipinski definition) is 2. The number of hydrogen-bond acceptors (Lipinski definition) is 4. The van der Waals surface area contributed by atoms with Crippen LogP contribution in [0.2, 0.25) is 0 Å². The van der Waals surface area contributed by atoms with Gasteiger partial charge in [-0.05, 0) is 51.0 Å². The van der Waals surface area contributed by atoms with E-state index in [4.69, 9.17) is 5.73 Å². The first-order chi connectivity index (χ1) is 10.0. The molecule has 21 heavy (non-hydrogen) atoms. The van der Waals surface area contributed by atoms with Gasteiger partial charge in [-0.1, -0.05) is 33.8 Å². The zero-order chi connectivity index (χ0) is 15.9. The summed E-state index contributed by atoms with van der Waals surface area (Å²) >= 11 is 0. The maximum atomic E-state index is 6.04. The molecule has 1 aromatic rings. The van der Waals surface area contributed by atoms with E-state index < -0.39 is 0 Å². The Balaban J connectivity index is 3.05. The summed E-state index contributed by atoms with van der Waals surface area (Å²) in [7, 11) is 0. The van der Waals surface area contributed by atoms with E-state index in [9.17, 15) is 0 Å². The van der Waals surface area contributed by atoms with Crippen LogP contribution in [-0.4, -0.2) is 41.1 Å². The van der Waals surface area contributed by atoms with Crippen molar-refractivity contribution in [3.05, 3.63) is 23.9 Å². The monoisotopic (exact) mass is 292 g/mol. The Kier molecular flexibility index (Phi) is 7.12. The van der Waals surface area contributed by atoms with Crippen molar-refractivity contribution in [3.63, 3.8) is 0 Å². The van der Waals surface area contributed by atoms with Crippen molar-refractivity contribution >= 4 is 5.82 Å². The molecule has 0 amide bonds. The van der Waals surface area contributed by atoms with E-state index in [1.807, 2.05) is 6.07 Å². The Bertz CT molecular complexity index is 417. The first-order valence-electron chi connectivity index (χ1n) is 8.21. The average Bonchev–Trinajstić information content (AvgIpc) is 2.49. The summed E-state index contributed by atoms with van der Waals surface area (Å²) in [5, 5.41) is 3.67. The molecular formula is C17H32N4. The molecular weight excluding hydrogens is 260 g/mol. The van der Waals surface area contributed by atoms with Crippen LogP contribution in [0, 0.1) is 0 Å². The third kappa shape index (κ3) is 4.17. The van der Waals surface area contributed by atoms with Crippen molar-refractivity contribution in [1.29, 1.82) is 0 Å². The molecule has 0 bridgehead atoms. The van der Waals surface area contributed by atoms with E-state index in [-0.39, 0.29) is 5.54 Å². The van der Waals surface area contributed by atoms with Crippen LogP contribution in [0.3, 0.4) is 0 Å². The molecule has 3 N–H and O–H groups in total. The second-order valence-electron chi connectivity index (χ2n) is 5.75. The highest BCUT2D eigenvalue weighted by Crippen LogP contribution is 2.27. The Labute approximate surface area is 130 Å². The van der Waals surface area contributed by atoms with Gasteiger partial charge in [-0.2, -0.15) is 0 Å². The van der Waals surface area contributed by atoms with E-state index in [1.54, 1.807) is 6.20 Å². The molecule has 0 aliphatic heterocycles. The van der Waals surface area contributed by atoms with Gasteiger partial charge in [-0.3, -0.25) is 4.90 Å². The lowest BCUT2D eigenvalue weighted by molar-refractivity contribution is 0.0707. The zero-order valence-corrected chi connectivity index (χ0v) is 14.3. The van der Waals surface area contributed by atoms with Crippen LogP contribution in [0.5, 0.6) is 0 Å². The number of pyridine rings is 1. The summed E-state index contributed by atoms with van der Waals surface area (Å²) in [5.41, 5.74) is 7.29. The van der Waals surface area contributed by atoms with Gasteiger partial charge in [0.15, 0.2) is 0 Å².